The highest BCUT2D eigenvalue weighted by Gasteiger charge is 2.30. The number of nitrogens with zero attached hydrogens (tertiary/aromatic N) is 3. The third kappa shape index (κ3) is 2.71. The Morgan fingerprint density at radius 2 is 2.04 bits per heavy atom. The first-order chi connectivity index (χ1) is 11.2. The van der Waals surface area contributed by atoms with E-state index in [4.69, 9.17) is 4.98 Å². The SMILES string of the molecule is Cc1cnc(C2CCC2)n1C1CCN(C(=O)c2ccsc2)CC1. The molecule has 5 heteroatoms. The molecule has 23 heavy (non-hydrogen) atoms. The quantitative estimate of drug-likeness (QED) is 0.854. The summed E-state index contributed by atoms with van der Waals surface area (Å²) in [5.41, 5.74) is 2.11. The fourth-order valence-corrected chi connectivity index (χ4v) is 4.43. The average Bonchev–Trinajstić information content (AvgIpc) is 3.16. The standard InChI is InChI=1S/C18H23N3OS/c1-13-11-19-17(14-3-2-4-14)21(13)16-5-8-20(9-6-16)18(22)15-7-10-23-12-15/h7,10-12,14,16H,2-6,8-9H2,1H3. The minimum Gasteiger partial charge on any atom is -0.338 e. The minimum absolute atomic E-state index is 0.186. The van der Waals surface area contributed by atoms with E-state index < -0.39 is 0 Å². The van der Waals surface area contributed by atoms with Gasteiger partial charge >= 0.3 is 0 Å². The van der Waals surface area contributed by atoms with Crippen LogP contribution in [0, 0.1) is 6.92 Å². The number of carbonyl (C=O) groups is 1. The summed E-state index contributed by atoms with van der Waals surface area (Å²) in [6.07, 6.45) is 8.00. The second-order valence-corrected chi connectivity index (χ2v) is 7.57. The number of likely N-dealkylation sites (tertiary alicyclic amines) is 1. The molecule has 0 spiro atoms. The molecule has 0 radical (unpaired) electrons. The lowest BCUT2D eigenvalue weighted by Gasteiger charge is -2.35. The number of amides is 1. The molecule has 0 atom stereocenters. The molecule has 3 heterocycles. The minimum atomic E-state index is 0.186. The lowest BCUT2D eigenvalue weighted by molar-refractivity contribution is 0.0692. The topological polar surface area (TPSA) is 38.1 Å². The molecule has 122 valence electrons. The van der Waals surface area contributed by atoms with Crippen LogP contribution < -0.4 is 0 Å². The van der Waals surface area contributed by atoms with Crippen molar-refractivity contribution < 1.29 is 4.79 Å². The van der Waals surface area contributed by atoms with Gasteiger partial charge < -0.3 is 9.47 Å². The highest BCUT2D eigenvalue weighted by molar-refractivity contribution is 7.08. The summed E-state index contributed by atoms with van der Waals surface area (Å²) >= 11 is 1.59. The van der Waals surface area contributed by atoms with Gasteiger partial charge in [0.25, 0.3) is 5.91 Å². The third-order valence-corrected chi connectivity index (χ3v) is 6.05. The van der Waals surface area contributed by atoms with Gasteiger partial charge in [0.1, 0.15) is 5.82 Å². The van der Waals surface area contributed by atoms with Crippen LogP contribution in [0.1, 0.15) is 65.9 Å². The highest BCUT2D eigenvalue weighted by Crippen LogP contribution is 2.38. The summed E-state index contributed by atoms with van der Waals surface area (Å²) in [5.74, 6) is 2.14. The average molecular weight is 329 g/mol. The van der Waals surface area contributed by atoms with Gasteiger partial charge in [0.2, 0.25) is 0 Å². The van der Waals surface area contributed by atoms with Crippen molar-refractivity contribution in [2.45, 2.75) is 51.0 Å². The van der Waals surface area contributed by atoms with Crippen molar-refractivity contribution in [2.75, 3.05) is 13.1 Å². The van der Waals surface area contributed by atoms with Gasteiger partial charge in [0.05, 0.1) is 5.56 Å². The second kappa shape index (κ2) is 6.11. The van der Waals surface area contributed by atoms with Gasteiger partial charge in [0, 0.05) is 42.3 Å². The van der Waals surface area contributed by atoms with Crippen molar-refractivity contribution in [1.82, 2.24) is 14.5 Å². The molecule has 1 aliphatic heterocycles. The van der Waals surface area contributed by atoms with Crippen LogP contribution in [0.4, 0.5) is 0 Å². The maximum absolute atomic E-state index is 12.5. The fourth-order valence-electron chi connectivity index (χ4n) is 3.80. The van der Waals surface area contributed by atoms with Crippen LogP contribution in [-0.2, 0) is 0 Å². The molecule has 0 N–H and O–H groups in total. The Hall–Kier alpha value is -1.62. The molecule has 2 aromatic heterocycles. The van der Waals surface area contributed by atoms with E-state index in [-0.39, 0.29) is 5.91 Å². The number of piperidine rings is 1. The molecule has 2 aromatic rings. The van der Waals surface area contributed by atoms with Crippen molar-refractivity contribution in [1.29, 1.82) is 0 Å². The van der Waals surface area contributed by atoms with Crippen molar-refractivity contribution in [3.05, 3.63) is 40.1 Å². The predicted molar refractivity (Wildman–Crippen MR) is 92.0 cm³/mol. The first-order valence-corrected chi connectivity index (χ1v) is 9.53. The Kier molecular flexibility index (Phi) is 3.97. The van der Waals surface area contributed by atoms with Crippen LogP contribution in [0.5, 0.6) is 0 Å². The molecule has 1 aliphatic carbocycles. The van der Waals surface area contributed by atoms with E-state index in [1.165, 1.54) is 30.8 Å². The van der Waals surface area contributed by atoms with Crippen molar-refractivity contribution in [2.24, 2.45) is 0 Å². The van der Waals surface area contributed by atoms with Crippen LogP contribution in [0.15, 0.2) is 23.0 Å². The number of thiophene rings is 1. The normalized spacial score (nSPS) is 19.8. The molecule has 4 rings (SSSR count). The van der Waals surface area contributed by atoms with Crippen molar-refractivity contribution >= 4 is 17.2 Å². The monoisotopic (exact) mass is 329 g/mol. The zero-order chi connectivity index (χ0) is 15.8. The Morgan fingerprint density at radius 3 is 2.65 bits per heavy atom. The zero-order valence-electron chi connectivity index (χ0n) is 13.6. The van der Waals surface area contributed by atoms with Crippen molar-refractivity contribution in [3.8, 4) is 0 Å². The molecule has 2 aliphatic rings. The summed E-state index contributed by atoms with van der Waals surface area (Å²) in [5, 5.41) is 3.92. The van der Waals surface area contributed by atoms with Gasteiger partial charge in [-0.15, -0.1) is 0 Å². The number of imidazole rings is 1. The third-order valence-electron chi connectivity index (χ3n) is 5.37. The number of aryl methyl sites for hydroxylation is 1. The summed E-state index contributed by atoms with van der Waals surface area (Å²) in [6.45, 7) is 3.86. The molecular weight excluding hydrogens is 306 g/mol. The number of carbonyl (C=O) groups excluding carboxylic acids is 1. The largest absolute Gasteiger partial charge is 0.338 e. The number of aromatic nitrogens is 2. The molecule has 0 unspecified atom stereocenters. The van der Waals surface area contributed by atoms with Gasteiger partial charge in [-0.05, 0) is 44.1 Å². The maximum atomic E-state index is 12.5. The van der Waals surface area contributed by atoms with E-state index in [1.54, 1.807) is 11.3 Å². The summed E-state index contributed by atoms with van der Waals surface area (Å²) in [4.78, 5) is 19.2. The summed E-state index contributed by atoms with van der Waals surface area (Å²) in [7, 11) is 0. The van der Waals surface area contributed by atoms with E-state index in [9.17, 15) is 4.79 Å². The van der Waals surface area contributed by atoms with E-state index in [1.807, 2.05) is 27.9 Å². The van der Waals surface area contributed by atoms with E-state index >= 15 is 0 Å². The number of hydrogen-bond acceptors (Lipinski definition) is 3. The Labute approximate surface area is 141 Å². The zero-order valence-corrected chi connectivity index (χ0v) is 14.4. The van der Waals surface area contributed by atoms with Crippen LogP contribution in [0.25, 0.3) is 0 Å². The second-order valence-electron chi connectivity index (χ2n) is 6.79. The molecule has 2 fully saturated rings. The molecular formula is C18H23N3OS. The predicted octanol–water partition coefficient (Wildman–Crippen LogP) is 4.00. The van der Waals surface area contributed by atoms with Gasteiger partial charge in [-0.3, -0.25) is 4.79 Å². The molecule has 1 amide bonds. The lowest BCUT2D eigenvalue weighted by Crippen LogP contribution is -2.39. The number of rotatable bonds is 3. The molecule has 1 saturated heterocycles. The molecule has 0 bridgehead atoms. The first kappa shape index (κ1) is 14.9. The van der Waals surface area contributed by atoms with E-state index in [2.05, 4.69) is 11.5 Å². The highest BCUT2D eigenvalue weighted by atomic mass is 32.1. The Balaban J connectivity index is 1.46. The Morgan fingerprint density at radius 1 is 1.26 bits per heavy atom. The molecule has 0 aromatic carbocycles. The molecule has 1 saturated carbocycles. The first-order valence-electron chi connectivity index (χ1n) is 8.59. The van der Waals surface area contributed by atoms with Crippen LogP contribution in [0.2, 0.25) is 0 Å². The van der Waals surface area contributed by atoms with E-state index in [0.29, 0.717) is 12.0 Å². The summed E-state index contributed by atoms with van der Waals surface area (Å²) < 4.78 is 2.47. The molecule has 4 nitrogen and oxygen atoms in total. The Bertz CT molecular complexity index is 679. The van der Waals surface area contributed by atoms with Crippen LogP contribution in [0.3, 0.4) is 0 Å². The van der Waals surface area contributed by atoms with Crippen LogP contribution >= 0.6 is 11.3 Å². The van der Waals surface area contributed by atoms with Gasteiger partial charge in [-0.2, -0.15) is 11.3 Å². The van der Waals surface area contributed by atoms with Gasteiger partial charge in [-0.1, -0.05) is 6.42 Å². The maximum Gasteiger partial charge on any atom is 0.254 e. The van der Waals surface area contributed by atoms with E-state index in [0.717, 1.165) is 31.5 Å². The fraction of sp³-hybridized carbons (Fsp3) is 0.556. The summed E-state index contributed by atoms with van der Waals surface area (Å²) in [6, 6.07) is 2.42. The number of hydrogen-bond donors (Lipinski definition) is 0. The van der Waals surface area contributed by atoms with Gasteiger partial charge in [0.15, 0.2) is 0 Å². The lowest BCUT2D eigenvalue weighted by atomic mass is 9.84. The van der Waals surface area contributed by atoms with Gasteiger partial charge in [-0.25, -0.2) is 4.98 Å². The van der Waals surface area contributed by atoms with Crippen molar-refractivity contribution in [3.63, 3.8) is 0 Å². The van der Waals surface area contributed by atoms with Crippen LogP contribution in [-0.4, -0.2) is 33.4 Å². The smallest absolute Gasteiger partial charge is 0.254 e.